The van der Waals surface area contributed by atoms with E-state index in [-0.39, 0.29) is 0 Å². The average molecular weight is 347 g/mol. The van der Waals surface area contributed by atoms with Crippen LogP contribution in [0.5, 0.6) is 0 Å². The number of aromatic nitrogens is 3. The third kappa shape index (κ3) is 5.55. The van der Waals surface area contributed by atoms with Crippen molar-refractivity contribution >= 4 is 11.8 Å². The van der Waals surface area contributed by atoms with Crippen molar-refractivity contribution in [3.63, 3.8) is 0 Å². The molecule has 0 saturated carbocycles. The Labute approximate surface area is 155 Å². The summed E-state index contributed by atoms with van der Waals surface area (Å²) in [5, 5.41) is 3.33. The van der Waals surface area contributed by atoms with Gasteiger partial charge in [0.25, 0.3) is 0 Å². The molecule has 0 saturated heterocycles. The van der Waals surface area contributed by atoms with Gasteiger partial charge in [-0.1, -0.05) is 30.3 Å². The number of likely N-dealkylation sites (N-methyl/N-ethyl adjacent to an activating group) is 1. The number of pyridine rings is 1. The maximum absolute atomic E-state index is 4.62. The summed E-state index contributed by atoms with van der Waals surface area (Å²) in [6.07, 6.45) is 8.54. The monoisotopic (exact) mass is 347 g/mol. The van der Waals surface area contributed by atoms with Gasteiger partial charge in [-0.3, -0.25) is 4.98 Å². The summed E-state index contributed by atoms with van der Waals surface area (Å²) in [4.78, 5) is 15.2. The van der Waals surface area contributed by atoms with Crippen LogP contribution in [-0.4, -0.2) is 35.1 Å². The Bertz CT molecular complexity index is 777. The third-order valence-corrected chi connectivity index (χ3v) is 4.29. The molecule has 0 unspecified atom stereocenters. The van der Waals surface area contributed by atoms with Crippen molar-refractivity contribution in [2.45, 2.75) is 19.3 Å². The van der Waals surface area contributed by atoms with Crippen LogP contribution in [0.2, 0.25) is 0 Å². The molecule has 0 atom stereocenters. The van der Waals surface area contributed by atoms with Crippen LogP contribution in [0.15, 0.2) is 67.1 Å². The van der Waals surface area contributed by atoms with E-state index in [1.807, 2.05) is 42.9 Å². The Hall–Kier alpha value is -2.95. The van der Waals surface area contributed by atoms with E-state index in [1.165, 1.54) is 11.1 Å². The van der Waals surface area contributed by atoms with Gasteiger partial charge >= 0.3 is 0 Å². The lowest BCUT2D eigenvalue weighted by molar-refractivity contribution is 0.838. The van der Waals surface area contributed by atoms with Gasteiger partial charge < -0.3 is 10.2 Å². The van der Waals surface area contributed by atoms with Gasteiger partial charge in [0.1, 0.15) is 5.82 Å². The predicted molar refractivity (Wildman–Crippen MR) is 106 cm³/mol. The summed E-state index contributed by atoms with van der Waals surface area (Å²) < 4.78 is 0. The summed E-state index contributed by atoms with van der Waals surface area (Å²) >= 11 is 0. The summed E-state index contributed by atoms with van der Waals surface area (Å²) in [5.41, 5.74) is 2.64. The number of nitrogens with zero attached hydrogens (tertiary/aromatic N) is 4. The van der Waals surface area contributed by atoms with Gasteiger partial charge in [-0.05, 0) is 48.6 Å². The number of rotatable bonds is 9. The van der Waals surface area contributed by atoms with Crippen molar-refractivity contribution in [1.82, 2.24) is 15.0 Å². The van der Waals surface area contributed by atoms with Crippen LogP contribution in [0.25, 0.3) is 0 Å². The molecular formula is C21H25N5. The zero-order valence-electron chi connectivity index (χ0n) is 15.2. The molecule has 0 bridgehead atoms. The topological polar surface area (TPSA) is 53.9 Å². The number of anilines is 2. The van der Waals surface area contributed by atoms with Gasteiger partial charge in [-0.25, -0.2) is 4.98 Å². The van der Waals surface area contributed by atoms with Crippen LogP contribution in [-0.2, 0) is 12.8 Å². The maximum Gasteiger partial charge on any atom is 0.224 e. The second-order valence-electron chi connectivity index (χ2n) is 6.28. The zero-order valence-corrected chi connectivity index (χ0v) is 15.2. The standard InChI is InChI=1S/C21H25N5/c1-26(17-12-19-9-14-22-15-10-19)20-11-16-24-21(25-20)23-13-5-8-18-6-3-2-4-7-18/h2-4,6-7,9-11,14-16H,5,8,12-13,17H2,1H3,(H,23,24,25). The summed E-state index contributed by atoms with van der Waals surface area (Å²) in [6.45, 7) is 1.76. The first kappa shape index (κ1) is 17.9. The van der Waals surface area contributed by atoms with Crippen molar-refractivity contribution < 1.29 is 0 Å². The fraction of sp³-hybridized carbons (Fsp3) is 0.286. The van der Waals surface area contributed by atoms with Gasteiger partial charge in [0.15, 0.2) is 0 Å². The average Bonchev–Trinajstić information content (AvgIpc) is 2.71. The molecule has 5 heteroatoms. The molecule has 26 heavy (non-hydrogen) atoms. The second kappa shape index (κ2) is 9.51. The highest BCUT2D eigenvalue weighted by molar-refractivity contribution is 5.41. The van der Waals surface area contributed by atoms with Crippen molar-refractivity contribution in [3.05, 3.63) is 78.2 Å². The Kier molecular flexibility index (Phi) is 6.53. The van der Waals surface area contributed by atoms with Crippen LogP contribution >= 0.6 is 0 Å². The van der Waals surface area contributed by atoms with E-state index in [2.05, 4.69) is 56.5 Å². The van der Waals surface area contributed by atoms with Crippen LogP contribution in [0.1, 0.15) is 17.5 Å². The van der Waals surface area contributed by atoms with Crippen LogP contribution < -0.4 is 10.2 Å². The summed E-state index contributed by atoms with van der Waals surface area (Å²) in [5.74, 6) is 1.62. The normalized spacial score (nSPS) is 10.5. The first-order valence-corrected chi connectivity index (χ1v) is 9.02. The molecule has 0 aliphatic heterocycles. The van der Waals surface area contributed by atoms with Crippen molar-refractivity contribution in [2.75, 3.05) is 30.4 Å². The second-order valence-corrected chi connectivity index (χ2v) is 6.28. The fourth-order valence-corrected chi connectivity index (χ4v) is 2.75. The van der Waals surface area contributed by atoms with Gasteiger partial charge in [0.2, 0.25) is 5.95 Å². The van der Waals surface area contributed by atoms with E-state index >= 15 is 0 Å². The molecule has 1 aromatic carbocycles. The molecule has 0 aliphatic rings. The van der Waals surface area contributed by atoms with E-state index < -0.39 is 0 Å². The molecule has 0 radical (unpaired) electrons. The fourth-order valence-electron chi connectivity index (χ4n) is 2.75. The highest BCUT2D eigenvalue weighted by Gasteiger charge is 2.05. The maximum atomic E-state index is 4.62. The van der Waals surface area contributed by atoms with Crippen molar-refractivity contribution in [1.29, 1.82) is 0 Å². The predicted octanol–water partition coefficient (Wildman–Crippen LogP) is 3.60. The van der Waals surface area contributed by atoms with Crippen LogP contribution in [0.3, 0.4) is 0 Å². The molecule has 3 aromatic rings. The largest absolute Gasteiger partial charge is 0.359 e. The van der Waals surface area contributed by atoms with Gasteiger partial charge in [-0.2, -0.15) is 4.98 Å². The highest BCUT2D eigenvalue weighted by Crippen LogP contribution is 2.12. The molecule has 2 aromatic heterocycles. The summed E-state index contributed by atoms with van der Waals surface area (Å²) in [7, 11) is 2.06. The van der Waals surface area contributed by atoms with E-state index in [0.717, 1.165) is 38.2 Å². The molecule has 0 amide bonds. The lowest BCUT2D eigenvalue weighted by Gasteiger charge is -2.18. The van der Waals surface area contributed by atoms with Crippen LogP contribution in [0.4, 0.5) is 11.8 Å². The minimum atomic E-state index is 0.686. The van der Waals surface area contributed by atoms with Gasteiger partial charge in [-0.15, -0.1) is 0 Å². The molecule has 3 rings (SSSR count). The molecule has 2 heterocycles. The van der Waals surface area contributed by atoms with E-state index in [0.29, 0.717) is 5.95 Å². The molecular weight excluding hydrogens is 322 g/mol. The number of hydrogen-bond donors (Lipinski definition) is 1. The first-order valence-electron chi connectivity index (χ1n) is 9.02. The molecule has 1 N–H and O–H groups in total. The van der Waals surface area contributed by atoms with E-state index in [4.69, 9.17) is 0 Å². The lowest BCUT2D eigenvalue weighted by Crippen LogP contribution is -2.22. The smallest absolute Gasteiger partial charge is 0.224 e. The Morgan fingerprint density at radius 1 is 0.885 bits per heavy atom. The number of benzene rings is 1. The number of nitrogens with one attached hydrogen (secondary N) is 1. The van der Waals surface area contributed by atoms with Crippen LogP contribution in [0, 0.1) is 0 Å². The molecule has 0 fully saturated rings. The number of aryl methyl sites for hydroxylation is 1. The third-order valence-electron chi connectivity index (χ3n) is 4.29. The Balaban J connectivity index is 1.46. The van der Waals surface area contributed by atoms with Gasteiger partial charge in [0, 0.05) is 38.7 Å². The molecule has 0 aliphatic carbocycles. The molecule has 134 valence electrons. The Morgan fingerprint density at radius 2 is 1.65 bits per heavy atom. The summed E-state index contributed by atoms with van der Waals surface area (Å²) in [6, 6.07) is 16.6. The highest BCUT2D eigenvalue weighted by atomic mass is 15.2. The quantitative estimate of drug-likeness (QED) is 0.600. The minimum Gasteiger partial charge on any atom is -0.359 e. The van der Waals surface area contributed by atoms with E-state index in [9.17, 15) is 0 Å². The number of hydrogen-bond acceptors (Lipinski definition) is 5. The Morgan fingerprint density at radius 3 is 2.46 bits per heavy atom. The minimum absolute atomic E-state index is 0.686. The lowest BCUT2D eigenvalue weighted by atomic mass is 10.1. The molecule has 5 nitrogen and oxygen atoms in total. The zero-order chi connectivity index (χ0) is 18.0. The molecule has 0 spiro atoms. The SMILES string of the molecule is CN(CCc1ccncc1)c1ccnc(NCCCc2ccccc2)n1. The first-order chi connectivity index (χ1) is 12.8. The van der Waals surface area contributed by atoms with Crippen molar-refractivity contribution in [2.24, 2.45) is 0 Å². The van der Waals surface area contributed by atoms with E-state index in [1.54, 1.807) is 0 Å². The van der Waals surface area contributed by atoms with Gasteiger partial charge in [0.05, 0.1) is 0 Å². The van der Waals surface area contributed by atoms with Crippen molar-refractivity contribution in [3.8, 4) is 0 Å².